The lowest BCUT2D eigenvalue weighted by molar-refractivity contribution is 0.0953. The summed E-state index contributed by atoms with van der Waals surface area (Å²) >= 11 is 1.93. The number of hydrazine groups is 1. The molecule has 0 radical (unpaired) electrons. The van der Waals surface area contributed by atoms with Crippen LogP contribution >= 0.6 is 11.8 Å². The van der Waals surface area contributed by atoms with Gasteiger partial charge in [0.1, 0.15) is 12.0 Å². The summed E-state index contributed by atoms with van der Waals surface area (Å²) in [6, 6.07) is 1.77. The number of nitrogens with two attached hydrogens (primary N) is 1. The molecular formula is C13H20N2O2S. The van der Waals surface area contributed by atoms with Gasteiger partial charge in [-0.2, -0.15) is 11.8 Å². The third kappa shape index (κ3) is 3.53. The maximum Gasteiger partial charge on any atom is 0.268 e. The molecule has 1 aromatic rings. The molecule has 0 aromatic carbocycles. The van der Waals surface area contributed by atoms with Crippen LogP contribution < -0.4 is 11.3 Å². The smallest absolute Gasteiger partial charge is 0.268 e. The van der Waals surface area contributed by atoms with E-state index in [0.717, 1.165) is 22.7 Å². The summed E-state index contributed by atoms with van der Waals surface area (Å²) in [4.78, 5) is 11.3. The van der Waals surface area contributed by atoms with Crippen molar-refractivity contribution in [3.63, 3.8) is 0 Å². The van der Waals surface area contributed by atoms with Crippen molar-refractivity contribution in [2.24, 2.45) is 11.8 Å². The molecule has 2 unspecified atom stereocenters. The second-order valence-electron chi connectivity index (χ2n) is 4.98. The minimum atomic E-state index is -0.304. The molecule has 1 amide bonds. The van der Waals surface area contributed by atoms with Gasteiger partial charge in [0.05, 0.1) is 11.3 Å². The van der Waals surface area contributed by atoms with Gasteiger partial charge in [-0.15, -0.1) is 0 Å². The summed E-state index contributed by atoms with van der Waals surface area (Å²) < 4.78 is 5.37. The first-order valence-corrected chi connectivity index (χ1v) is 7.44. The fraction of sp³-hybridized carbons (Fsp3) is 0.615. The molecule has 1 aliphatic carbocycles. The van der Waals surface area contributed by atoms with Gasteiger partial charge < -0.3 is 4.42 Å². The summed E-state index contributed by atoms with van der Waals surface area (Å²) in [5, 5.41) is 0.727. The monoisotopic (exact) mass is 268 g/mol. The second kappa shape index (κ2) is 6.29. The highest BCUT2D eigenvalue weighted by Crippen LogP contribution is 2.33. The van der Waals surface area contributed by atoms with E-state index < -0.39 is 0 Å². The van der Waals surface area contributed by atoms with E-state index in [4.69, 9.17) is 10.3 Å². The summed E-state index contributed by atoms with van der Waals surface area (Å²) in [7, 11) is 0. The van der Waals surface area contributed by atoms with Crippen molar-refractivity contribution in [2.75, 3.05) is 0 Å². The highest BCUT2D eigenvalue weighted by molar-refractivity contribution is 7.99. The van der Waals surface area contributed by atoms with Gasteiger partial charge in [-0.25, -0.2) is 5.84 Å². The standard InChI is InChI=1S/C13H20N2O2S/c1-9-3-2-4-12(5-9)18-8-11-6-10(7-17-11)13(16)15-14/h6-7,9,12H,2-5,8,14H2,1H3,(H,15,16). The zero-order chi connectivity index (χ0) is 13.0. The van der Waals surface area contributed by atoms with E-state index in [1.54, 1.807) is 6.07 Å². The van der Waals surface area contributed by atoms with Crippen LogP contribution in [-0.4, -0.2) is 11.2 Å². The van der Waals surface area contributed by atoms with Crippen LogP contribution in [0.2, 0.25) is 0 Å². The molecule has 1 saturated carbocycles. The zero-order valence-corrected chi connectivity index (χ0v) is 11.5. The molecule has 0 aliphatic heterocycles. The van der Waals surface area contributed by atoms with Crippen molar-refractivity contribution in [1.29, 1.82) is 0 Å². The molecule has 18 heavy (non-hydrogen) atoms. The maximum absolute atomic E-state index is 11.3. The van der Waals surface area contributed by atoms with Gasteiger partial charge in [-0.05, 0) is 24.8 Å². The van der Waals surface area contributed by atoms with Crippen LogP contribution in [0.25, 0.3) is 0 Å². The van der Waals surface area contributed by atoms with E-state index >= 15 is 0 Å². The molecule has 0 saturated heterocycles. The third-order valence-corrected chi connectivity index (χ3v) is 4.75. The number of nitrogen functional groups attached to an aromatic ring is 1. The molecule has 100 valence electrons. The Morgan fingerprint density at radius 3 is 3.17 bits per heavy atom. The van der Waals surface area contributed by atoms with Crippen LogP contribution in [0.3, 0.4) is 0 Å². The Kier molecular flexibility index (Phi) is 4.72. The molecule has 0 spiro atoms. The average Bonchev–Trinajstić information content (AvgIpc) is 2.84. The van der Waals surface area contributed by atoms with Crippen LogP contribution in [0.1, 0.15) is 48.7 Å². The van der Waals surface area contributed by atoms with Crippen LogP contribution in [0, 0.1) is 5.92 Å². The highest BCUT2D eigenvalue weighted by atomic mass is 32.2. The fourth-order valence-corrected chi connectivity index (χ4v) is 3.74. The van der Waals surface area contributed by atoms with Gasteiger partial charge >= 0.3 is 0 Å². The molecule has 0 bridgehead atoms. The van der Waals surface area contributed by atoms with Crippen LogP contribution in [0.15, 0.2) is 16.7 Å². The molecule has 5 heteroatoms. The quantitative estimate of drug-likeness (QED) is 0.500. The van der Waals surface area contributed by atoms with E-state index in [0.29, 0.717) is 5.56 Å². The first-order valence-electron chi connectivity index (χ1n) is 6.39. The third-order valence-electron chi connectivity index (χ3n) is 3.40. The molecule has 1 heterocycles. The lowest BCUT2D eigenvalue weighted by Gasteiger charge is -2.25. The molecule has 2 atom stereocenters. The van der Waals surface area contributed by atoms with E-state index in [-0.39, 0.29) is 5.91 Å². The number of carbonyl (C=O) groups is 1. The van der Waals surface area contributed by atoms with Crippen molar-refractivity contribution < 1.29 is 9.21 Å². The number of amides is 1. The van der Waals surface area contributed by atoms with Gasteiger partial charge in [-0.3, -0.25) is 10.2 Å². The Morgan fingerprint density at radius 1 is 1.61 bits per heavy atom. The minimum absolute atomic E-state index is 0.304. The molecule has 1 fully saturated rings. The van der Waals surface area contributed by atoms with Gasteiger partial charge in [-0.1, -0.05) is 19.8 Å². The molecule has 2 rings (SSSR count). The van der Waals surface area contributed by atoms with Crippen LogP contribution in [0.5, 0.6) is 0 Å². The largest absolute Gasteiger partial charge is 0.468 e. The molecule has 1 aliphatic rings. The highest BCUT2D eigenvalue weighted by Gasteiger charge is 2.19. The summed E-state index contributed by atoms with van der Waals surface area (Å²) in [6.45, 7) is 2.32. The van der Waals surface area contributed by atoms with Crippen molar-refractivity contribution in [3.05, 3.63) is 23.7 Å². The first-order chi connectivity index (χ1) is 8.69. The molecule has 3 N–H and O–H groups in total. The number of hydrogen-bond acceptors (Lipinski definition) is 4. The Morgan fingerprint density at radius 2 is 2.44 bits per heavy atom. The Labute approximate surface area is 112 Å². The second-order valence-corrected chi connectivity index (χ2v) is 6.27. The van der Waals surface area contributed by atoms with Gasteiger partial charge in [0, 0.05) is 5.25 Å². The Bertz CT molecular complexity index is 405. The van der Waals surface area contributed by atoms with Crippen molar-refractivity contribution >= 4 is 17.7 Å². The molecule has 1 aromatic heterocycles. The molecular weight excluding hydrogens is 248 g/mol. The topological polar surface area (TPSA) is 68.3 Å². The number of nitrogens with one attached hydrogen (secondary N) is 1. The SMILES string of the molecule is CC1CCCC(SCc2cc(C(=O)NN)co2)C1. The van der Waals surface area contributed by atoms with Crippen molar-refractivity contribution in [1.82, 2.24) is 5.43 Å². The number of thioether (sulfide) groups is 1. The predicted molar refractivity (Wildman–Crippen MR) is 73.1 cm³/mol. The number of carbonyl (C=O) groups excluding carboxylic acids is 1. The number of rotatable bonds is 4. The number of hydrogen-bond donors (Lipinski definition) is 2. The fourth-order valence-electron chi connectivity index (χ4n) is 2.39. The van der Waals surface area contributed by atoms with Gasteiger partial charge in [0.15, 0.2) is 0 Å². The summed E-state index contributed by atoms with van der Waals surface area (Å²) in [5.41, 5.74) is 2.59. The Hall–Kier alpha value is -0.940. The zero-order valence-electron chi connectivity index (χ0n) is 10.6. The van der Waals surface area contributed by atoms with E-state index in [2.05, 4.69) is 12.3 Å². The van der Waals surface area contributed by atoms with E-state index in [9.17, 15) is 4.79 Å². The maximum atomic E-state index is 11.3. The summed E-state index contributed by atoms with van der Waals surface area (Å²) in [5.74, 6) is 7.28. The lowest BCUT2D eigenvalue weighted by Crippen LogP contribution is -2.29. The van der Waals surface area contributed by atoms with Gasteiger partial charge in [0.25, 0.3) is 5.91 Å². The van der Waals surface area contributed by atoms with Crippen molar-refractivity contribution in [2.45, 2.75) is 43.6 Å². The normalized spacial score (nSPS) is 23.9. The lowest BCUT2D eigenvalue weighted by atomic mass is 9.91. The van der Waals surface area contributed by atoms with Crippen LogP contribution in [-0.2, 0) is 5.75 Å². The van der Waals surface area contributed by atoms with Crippen LogP contribution in [0.4, 0.5) is 0 Å². The Balaban J connectivity index is 1.82. The predicted octanol–water partition coefficient (Wildman–Crippen LogP) is 2.70. The van der Waals surface area contributed by atoms with E-state index in [1.165, 1.54) is 31.9 Å². The van der Waals surface area contributed by atoms with Gasteiger partial charge in [0.2, 0.25) is 0 Å². The first kappa shape index (κ1) is 13.5. The summed E-state index contributed by atoms with van der Waals surface area (Å²) in [6.07, 6.45) is 6.74. The minimum Gasteiger partial charge on any atom is -0.468 e. The average molecular weight is 268 g/mol. The van der Waals surface area contributed by atoms with E-state index in [1.807, 2.05) is 11.8 Å². The molecule has 4 nitrogen and oxygen atoms in total. The van der Waals surface area contributed by atoms with Crippen molar-refractivity contribution in [3.8, 4) is 0 Å². The number of furan rings is 1.